The van der Waals surface area contributed by atoms with E-state index in [1.165, 1.54) is 0 Å². The van der Waals surface area contributed by atoms with E-state index in [-0.39, 0.29) is 12.8 Å². The molecule has 0 unspecified atom stereocenters. The number of carbonyl (C=O) groups is 2. The van der Waals surface area contributed by atoms with Gasteiger partial charge in [0.25, 0.3) is 0 Å². The largest absolute Gasteiger partial charge is 0.481 e. The molecule has 1 N–H and O–H groups in total. The van der Waals surface area contributed by atoms with Crippen LogP contribution in [0.5, 0.6) is 0 Å². The van der Waals surface area contributed by atoms with Crippen molar-refractivity contribution < 1.29 is 14.7 Å². The molecule has 15 heavy (non-hydrogen) atoms. The fraction of sp³-hybridized carbons (Fsp3) is 0.273. The Morgan fingerprint density at radius 2 is 2.07 bits per heavy atom. The zero-order valence-corrected chi connectivity index (χ0v) is 9.20. The number of aldehydes is 1. The molecular weight excluding hydrogens is 216 g/mol. The number of hydrogen-bond acceptors (Lipinski definition) is 2. The maximum atomic E-state index is 9.60. The average molecular weight is 229 g/mol. The van der Waals surface area contributed by atoms with Gasteiger partial charge in [-0.15, -0.1) is 0 Å². The Bertz CT molecular complexity index is 302. The Morgan fingerprint density at radius 1 is 1.47 bits per heavy atom. The number of benzene rings is 1. The lowest BCUT2D eigenvalue weighted by atomic mass is 10.2. The topological polar surface area (TPSA) is 54.4 Å². The molecule has 0 bridgehead atoms. The maximum Gasteiger partial charge on any atom is 0.303 e. The number of aliphatic carboxylic acids is 1. The van der Waals surface area contributed by atoms with Crippen molar-refractivity contribution in [3.05, 3.63) is 34.9 Å². The Labute approximate surface area is 93.7 Å². The smallest absolute Gasteiger partial charge is 0.303 e. The fourth-order valence-electron chi connectivity index (χ4n) is 0.733. The molecule has 0 saturated carbocycles. The first-order chi connectivity index (χ1) is 7.07. The van der Waals surface area contributed by atoms with E-state index in [1.807, 2.05) is 31.2 Å². The molecule has 4 heteroatoms. The van der Waals surface area contributed by atoms with Crippen LogP contribution in [-0.4, -0.2) is 17.4 Å². The van der Waals surface area contributed by atoms with Crippen molar-refractivity contribution >= 4 is 23.9 Å². The average Bonchev–Trinajstić information content (AvgIpc) is 2.20. The van der Waals surface area contributed by atoms with Gasteiger partial charge in [0.05, 0.1) is 6.42 Å². The minimum absolute atomic E-state index is 0.0521. The van der Waals surface area contributed by atoms with E-state index in [2.05, 4.69) is 0 Å². The predicted molar refractivity (Wildman–Crippen MR) is 59.1 cm³/mol. The minimum Gasteiger partial charge on any atom is -0.481 e. The second kappa shape index (κ2) is 8.00. The van der Waals surface area contributed by atoms with Crippen LogP contribution in [0, 0.1) is 6.92 Å². The quantitative estimate of drug-likeness (QED) is 0.810. The summed E-state index contributed by atoms with van der Waals surface area (Å²) in [6, 6.07) is 7.77. The highest BCUT2D eigenvalue weighted by atomic mass is 35.5. The molecule has 1 aromatic rings. The van der Waals surface area contributed by atoms with Gasteiger partial charge in [0.1, 0.15) is 6.29 Å². The summed E-state index contributed by atoms with van der Waals surface area (Å²) < 4.78 is 0. The molecule has 0 aliphatic rings. The Morgan fingerprint density at radius 3 is 2.33 bits per heavy atom. The molecule has 82 valence electrons. The van der Waals surface area contributed by atoms with Crippen LogP contribution in [0.15, 0.2) is 24.3 Å². The summed E-state index contributed by atoms with van der Waals surface area (Å²) in [5.74, 6) is -0.924. The van der Waals surface area contributed by atoms with Crippen molar-refractivity contribution in [3.8, 4) is 0 Å². The lowest BCUT2D eigenvalue weighted by Gasteiger charge is -1.90. The number of carbonyl (C=O) groups excluding carboxylic acids is 1. The summed E-state index contributed by atoms with van der Waals surface area (Å²) in [7, 11) is 0. The van der Waals surface area contributed by atoms with E-state index in [0.29, 0.717) is 6.29 Å². The molecule has 3 nitrogen and oxygen atoms in total. The van der Waals surface area contributed by atoms with E-state index in [1.54, 1.807) is 0 Å². The highest BCUT2D eigenvalue weighted by Crippen LogP contribution is 2.11. The summed E-state index contributed by atoms with van der Waals surface area (Å²) in [4.78, 5) is 19.0. The van der Waals surface area contributed by atoms with E-state index < -0.39 is 5.97 Å². The van der Waals surface area contributed by atoms with Gasteiger partial charge in [-0.2, -0.15) is 0 Å². The summed E-state index contributed by atoms with van der Waals surface area (Å²) >= 11 is 5.71. The highest BCUT2D eigenvalue weighted by molar-refractivity contribution is 6.31. The third-order valence-electron chi connectivity index (χ3n) is 1.55. The first-order valence-electron chi connectivity index (χ1n) is 4.44. The third-order valence-corrected chi connectivity index (χ3v) is 1.98. The number of carboxylic acid groups (broad SMARTS) is 1. The SMILES string of the molecule is Cc1ccccc1Cl.O=CCCC(=O)O. The molecule has 0 heterocycles. The molecule has 0 saturated heterocycles. The van der Waals surface area contributed by atoms with Crippen LogP contribution in [0.1, 0.15) is 18.4 Å². The second-order valence-electron chi connectivity index (χ2n) is 2.85. The zero-order valence-electron chi connectivity index (χ0n) is 8.44. The van der Waals surface area contributed by atoms with Crippen molar-refractivity contribution in [2.45, 2.75) is 19.8 Å². The Hall–Kier alpha value is -1.35. The predicted octanol–water partition coefficient (Wildman–Crippen LogP) is 2.70. The highest BCUT2D eigenvalue weighted by Gasteiger charge is 1.91. The lowest BCUT2D eigenvalue weighted by Crippen LogP contribution is -1.93. The van der Waals surface area contributed by atoms with Gasteiger partial charge >= 0.3 is 5.97 Å². The van der Waals surface area contributed by atoms with Gasteiger partial charge in [-0.05, 0) is 18.6 Å². The molecule has 0 aliphatic carbocycles. The van der Waals surface area contributed by atoms with Gasteiger partial charge in [-0.1, -0.05) is 29.8 Å². The van der Waals surface area contributed by atoms with Crippen LogP contribution in [-0.2, 0) is 9.59 Å². The van der Waals surface area contributed by atoms with Gasteiger partial charge in [-0.25, -0.2) is 0 Å². The lowest BCUT2D eigenvalue weighted by molar-refractivity contribution is -0.137. The van der Waals surface area contributed by atoms with Crippen molar-refractivity contribution in [3.63, 3.8) is 0 Å². The van der Waals surface area contributed by atoms with Gasteiger partial charge in [-0.3, -0.25) is 4.79 Å². The molecular formula is C11H13ClO3. The van der Waals surface area contributed by atoms with Gasteiger partial charge in [0.15, 0.2) is 0 Å². The molecule has 0 fully saturated rings. The normalized spacial score (nSPS) is 8.67. The van der Waals surface area contributed by atoms with E-state index in [0.717, 1.165) is 10.6 Å². The fourth-order valence-corrected chi connectivity index (χ4v) is 0.869. The van der Waals surface area contributed by atoms with Crippen molar-refractivity contribution in [2.75, 3.05) is 0 Å². The zero-order chi connectivity index (χ0) is 11.7. The molecule has 0 spiro atoms. The first kappa shape index (κ1) is 13.7. The van der Waals surface area contributed by atoms with Crippen molar-refractivity contribution in [1.29, 1.82) is 0 Å². The van der Waals surface area contributed by atoms with Crippen molar-refractivity contribution in [1.82, 2.24) is 0 Å². The van der Waals surface area contributed by atoms with Crippen LogP contribution in [0.25, 0.3) is 0 Å². The van der Waals surface area contributed by atoms with Crippen molar-refractivity contribution in [2.24, 2.45) is 0 Å². The van der Waals surface area contributed by atoms with Crippen LogP contribution in [0.2, 0.25) is 5.02 Å². The van der Waals surface area contributed by atoms with Crippen LogP contribution >= 0.6 is 11.6 Å². The minimum atomic E-state index is -0.924. The van der Waals surface area contributed by atoms with Gasteiger partial charge in [0.2, 0.25) is 0 Å². The standard InChI is InChI=1S/C7H7Cl.C4H6O3/c1-6-4-2-3-5-7(6)8;5-3-1-2-4(6)7/h2-5H,1H3;3H,1-2H2,(H,6,7). The number of hydrogen-bond donors (Lipinski definition) is 1. The molecule has 0 amide bonds. The molecule has 0 aromatic heterocycles. The first-order valence-corrected chi connectivity index (χ1v) is 4.82. The Kier molecular flexibility index (Phi) is 7.28. The molecule has 1 rings (SSSR count). The second-order valence-corrected chi connectivity index (χ2v) is 3.26. The monoisotopic (exact) mass is 228 g/mol. The number of carboxylic acids is 1. The summed E-state index contributed by atoms with van der Waals surface area (Å²) in [5.41, 5.74) is 1.13. The molecule has 0 radical (unpaired) electrons. The molecule has 0 aliphatic heterocycles. The van der Waals surface area contributed by atoms with E-state index >= 15 is 0 Å². The van der Waals surface area contributed by atoms with Crippen LogP contribution < -0.4 is 0 Å². The maximum absolute atomic E-state index is 9.60. The third kappa shape index (κ3) is 7.70. The van der Waals surface area contributed by atoms with Gasteiger partial charge in [0, 0.05) is 11.4 Å². The number of aryl methyl sites for hydroxylation is 1. The van der Waals surface area contributed by atoms with Crippen LogP contribution in [0.3, 0.4) is 0 Å². The molecule has 1 aromatic carbocycles. The summed E-state index contributed by atoms with van der Waals surface area (Å²) in [6.07, 6.45) is 0.660. The van der Waals surface area contributed by atoms with Crippen LogP contribution in [0.4, 0.5) is 0 Å². The number of halogens is 1. The summed E-state index contributed by atoms with van der Waals surface area (Å²) in [5, 5.41) is 8.73. The molecule has 0 atom stereocenters. The Balaban J connectivity index is 0.000000265. The van der Waals surface area contributed by atoms with E-state index in [9.17, 15) is 9.59 Å². The summed E-state index contributed by atoms with van der Waals surface area (Å²) in [6.45, 7) is 1.99. The van der Waals surface area contributed by atoms with Gasteiger partial charge < -0.3 is 9.90 Å². The van der Waals surface area contributed by atoms with E-state index in [4.69, 9.17) is 16.7 Å². The number of rotatable bonds is 3.